The molecular formula is C22H24O9. The van der Waals surface area contributed by atoms with Gasteiger partial charge in [-0.1, -0.05) is 6.07 Å². The van der Waals surface area contributed by atoms with E-state index < -0.39 is 24.6 Å². The van der Waals surface area contributed by atoms with Crippen LogP contribution in [0.2, 0.25) is 0 Å². The molecular weight excluding hydrogens is 408 g/mol. The molecule has 4 atom stereocenters. The van der Waals surface area contributed by atoms with Crippen LogP contribution in [0.4, 0.5) is 0 Å². The Bertz CT molecular complexity index is 974. The van der Waals surface area contributed by atoms with Gasteiger partial charge in [-0.15, -0.1) is 0 Å². The number of phenols is 2. The van der Waals surface area contributed by atoms with Gasteiger partial charge in [-0.2, -0.15) is 0 Å². The van der Waals surface area contributed by atoms with E-state index in [1.54, 1.807) is 12.1 Å². The minimum atomic E-state index is -0.827. The Kier molecular flexibility index (Phi) is 5.90. The van der Waals surface area contributed by atoms with Gasteiger partial charge < -0.3 is 39.4 Å². The Balaban J connectivity index is 1.57. The van der Waals surface area contributed by atoms with Crippen molar-refractivity contribution in [2.45, 2.75) is 43.9 Å². The summed E-state index contributed by atoms with van der Waals surface area (Å²) >= 11 is 0. The van der Waals surface area contributed by atoms with Crippen molar-refractivity contribution in [2.75, 3.05) is 13.7 Å². The average molecular weight is 432 g/mol. The van der Waals surface area contributed by atoms with Gasteiger partial charge in [-0.05, 0) is 17.7 Å². The summed E-state index contributed by atoms with van der Waals surface area (Å²) < 4.78 is 22.3. The summed E-state index contributed by atoms with van der Waals surface area (Å²) in [5.41, 5.74) is 0.631. The molecule has 0 aromatic heterocycles. The first-order valence-corrected chi connectivity index (χ1v) is 9.92. The van der Waals surface area contributed by atoms with Crippen molar-refractivity contribution in [3.05, 3.63) is 41.5 Å². The first kappa shape index (κ1) is 21.2. The summed E-state index contributed by atoms with van der Waals surface area (Å²) in [5, 5.41) is 39.7. The highest BCUT2D eigenvalue weighted by atomic mass is 16.7. The highest BCUT2D eigenvalue weighted by molar-refractivity contribution is 6.02. The molecule has 31 heavy (non-hydrogen) atoms. The summed E-state index contributed by atoms with van der Waals surface area (Å²) in [5.74, 6) is -0.0396. The van der Waals surface area contributed by atoms with Crippen LogP contribution in [-0.2, 0) is 4.74 Å². The molecule has 2 aromatic rings. The van der Waals surface area contributed by atoms with E-state index in [0.717, 1.165) is 0 Å². The number of ether oxygens (including phenoxy) is 4. The van der Waals surface area contributed by atoms with E-state index in [0.29, 0.717) is 17.7 Å². The predicted molar refractivity (Wildman–Crippen MR) is 107 cm³/mol. The second-order valence-corrected chi connectivity index (χ2v) is 7.59. The Hall–Kier alpha value is -3.01. The fraction of sp³-hybridized carbons (Fsp3) is 0.409. The Morgan fingerprint density at radius 1 is 1.13 bits per heavy atom. The van der Waals surface area contributed by atoms with Gasteiger partial charge in [0.1, 0.15) is 28.9 Å². The number of phenolic OH excluding ortho intramolecular Hbond substituents is 2. The van der Waals surface area contributed by atoms with E-state index >= 15 is 0 Å². The van der Waals surface area contributed by atoms with E-state index in [2.05, 4.69) is 0 Å². The van der Waals surface area contributed by atoms with E-state index in [9.17, 15) is 25.2 Å². The Morgan fingerprint density at radius 3 is 2.65 bits per heavy atom. The molecule has 0 bridgehead atoms. The number of carbonyl (C=O) groups excluding carboxylic acids is 1. The third-order valence-corrected chi connectivity index (χ3v) is 5.36. The minimum absolute atomic E-state index is 0.0113. The van der Waals surface area contributed by atoms with Crippen LogP contribution >= 0.6 is 0 Å². The van der Waals surface area contributed by atoms with Gasteiger partial charge in [0.2, 0.25) is 6.29 Å². The average Bonchev–Trinajstić information content (AvgIpc) is 2.72. The molecule has 2 heterocycles. The van der Waals surface area contributed by atoms with Gasteiger partial charge in [0, 0.05) is 25.0 Å². The van der Waals surface area contributed by atoms with Crippen molar-refractivity contribution in [2.24, 2.45) is 0 Å². The zero-order valence-electron chi connectivity index (χ0n) is 16.9. The number of Topliss-reactive ketones (excluding diaryl/α,β-unsaturated/α-hetero) is 1. The molecule has 0 radical (unpaired) electrons. The number of rotatable bonds is 5. The first-order chi connectivity index (χ1) is 14.9. The molecule has 4 unspecified atom stereocenters. The highest BCUT2D eigenvalue weighted by Crippen LogP contribution is 2.43. The number of fused-ring (bicyclic) bond motifs is 1. The van der Waals surface area contributed by atoms with Crippen molar-refractivity contribution in [3.63, 3.8) is 0 Å². The molecule has 2 aromatic carbocycles. The lowest BCUT2D eigenvalue weighted by atomic mass is 9.95. The van der Waals surface area contributed by atoms with Crippen LogP contribution in [0.5, 0.6) is 28.7 Å². The van der Waals surface area contributed by atoms with E-state index in [4.69, 9.17) is 18.9 Å². The predicted octanol–water partition coefficient (Wildman–Crippen LogP) is 2.05. The number of aliphatic hydroxyl groups is 2. The van der Waals surface area contributed by atoms with Gasteiger partial charge in [0.25, 0.3) is 0 Å². The third kappa shape index (κ3) is 4.39. The highest BCUT2D eigenvalue weighted by Gasteiger charge is 2.33. The number of benzene rings is 2. The van der Waals surface area contributed by atoms with Crippen LogP contribution in [0.1, 0.15) is 41.3 Å². The zero-order valence-corrected chi connectivity index (χ0v) is 16.9. The maximum atomic E-state index is 12.7. The van der Waals surface area contributed by atoms with Crippen molar-refractivity contribution >= 4 is 5.78 Å². The molecule has 4 rings (SSSR count). The second kappa shape index (κ2) is 8.62. The number of hydrogen-bond donors (Lipinski definition) is 4. The van der Waals surface area contributed by atoms with Gasteiger partial charge in [-0.25, -0.2) is 0 Å². The summed E-state index contributed by atoms with van der Waals surface area (Å²) in [4.78, 5) is 12.7. The lowest BCUT2D eigenvalue weighted by molar-refractivity contribution is -0.184. The molecule has 166 valence electrons. The molecule has 0 amide bonds. The zero-order chi connectivity index (χ0) is 22.1. The van der Waals surface area contributed by atoms with Crippen LogP contribution in [-0.4, -0.2) is 58.4 Å². The van der Waals surface area contributed by atoms with Crippen molar-refractivity contribution in [1.82, 2.24) is 0 Å². The van der Waals surface area contributed by atoms with Crippen LogP contribution in [0.25, 0.3) is 0 Å². The SMILES string of the molecule is COc1ccc(C2CC(=O)c3c(O)cc(OC4CC(O)CC(CO)O4)cc3O2)cc1O. The van der Waals surface area contributed by atoms with E-state index in [1.807, 2.05) is 0 Å². The molecule has 9 nitrogen and oxygen atoms in total. The summed E-state index contributed by atoms with van der Waals surface area (Å²) in [6.07, 6.45) is -2.24. The molecule has 1 fully saturated rings. The molecule has 0 saturated carbocycles. The Labute approximate surface area is 178 Å². The van der Waals surface area contributed by atoms with Gasteiger partial charge in [-0.3, -0.25) is 4.79 Å². The van der Waals surface area contributed by atoms with Crippen LogP contribution in [0.15, 0.2) is 30.3 Å². The summed E-state index contributed by atoms with van der Waals surface area (Å²) in [6.45, 7) is -0.250. The smallest absolute Gasteiger partial charge is 0.202 e. The molecule has 9 heteroatoms. The fourth-order valence-corrected chi connectivity index (χ4v) is 3.87. The third-order valence-electron chi connectivity index (χ3n) is 5.36. The monoisotopic (exact) mass is 432 g/mol. The number of methoxy groups -OCH3 is 1. The molecule has 0 aliphatic carbocycles. The summed E-state index contributed by atoms with van der Waals surface area (Å²) in [6, 6.07) is 7.50. The number of aromatic hydroxyl groups is 2. The molecule has 1 saturated heterocycles. The molecule has 2 aliphatic rings. The van der Waals surface area contributed by atoms with Crippen molar-refractivity contribution in [1.29, 1.82) is 0 Å². The van der Waals surface area contributed by atoms with Crippen molar-refractivity contribution < 1.29 is 44.2 Å². The van der Waals surface area contributed by atoms with E-state index in [1.165, 1.54) is 25.3 Å². The van der Waals surface area contributed by atoms with Crippen molar-refractivity contribution in [3.8, 4) is 28.7 Å². The molecule has 2 aliphatic heterocycles. The Morgan fingerprint density at radius 2 is 1.94 bits per heavy atom. The van der Waals surface area contributed by atoms with Crippen LogP contribution in [0, 0.1) is 0 Å². The number of carbonyl (C=O) groups is 1. The normalized spacial score (nSPS) is 25.5. The summed E-state index contributed by atoms with van der Waals surface area (Å²) in [7, 11) is 1.44. The van der Waals surface area contributed by atoms with Crippen LogP contribution in [0.3, 0.4) is 0 Å². The van der Waals surface area contributed by atoms with Crippen LogP contribution < -0.4 is 14.2 Å². The lowest BCUT2D eigenvalue weighted by Gasteiger charge is -2.32. The maximum absolute atomic E-state index is 12.7. The lowest BCUT2D eigenvalue weighted by Crippen LogP contribution is -2.40. The molecule has 0 spiro atoms. The van der Waals surface area contributed by atoms with E-state index in [-0.39, 0.29) is 53.8 Å². The number of ketones is 1. The van der Waals surface area contributed by atoms with Gasteiger partial charge in [0.15, 0.2) is 17.3 Å². The maximum Gasteiger partial charge on any atom is 0.202 e. The quantitative estimate of drug-likeness (QED) is 0.560. The largest absolute Gasteiger partial charge is 0.507 e. The minimum Gasteiger partial charge on any atom is -0.507 e. The van der Waals surface area contributed by atoms with Gasteiger partial charge in [0.05, 0.1) is 32.3 Å². The number of hydrogen-bond acceptors (Lipinski definition) is 9. The fourth-order valence-electron chi connectivity index (χ4n) is 3.87. The standard InChI is InChI=1S/C22H24O9/c1-28-18-3-2-11(4-15(18)25)19-9-17(27)22-16(26)7-13(8-20(22)31-19)29-21-6-12(24)5-14(10-23)30-21/h2-4,7-8,12,14,19,21,23-26H,5-6,9-10H2,1H3. The van der Waals surface area contributed by atoms with Gasteiger partial charge >= 0.3 is 0 Å². The number of aliphatic hydroxyl groups excluding tert-OH is 2. The molecule has 4 N–H and O–H groups in total. The topological polar surface area (TPSA) is 135 Å². The first-order valence-electron chi connectivity index (χ1n) is 9.92. The second-order valence-electron chi connectivity index (χ2n) is 7.59.